The lowest BCUT2D eigenvalue weighted by Crippen LogP contribution is -2.35. The molecule has 0 radical (unpaired) electrons. The average Bonchev–Trinajstić information content (AvgIpc) is 2.54. The van der Waals surface area contributed by atoms with Crippen LogP contribution in [0.15, 0.2) is 24.3 Å². The number of para-hydroxylation sites is 2. The summed E-state index contributed by atoms with van der Waals surface area (Å²) in [5, 5.41) is 15.2. The molecule has 1 saturated heterocycles. The molecule has 0 atom stereocenters. The lowest BCUT2D eigenvalue weighted by Gasteiger charge is -2.34. The summed E-state index contributed by atoms with van der Waals surface area (Å²) in [5.74, 6) is 0.433. The maximum atomic E-state index is 11.6. The van der Waals surface area contributed by atoms with Crippen LogP contribution in [0.5, 0.6) is 0 Å². The first kappa shape index (κ1) is 15.6. The van der Waals surface area contributed by atoms with E-state index in [2.05, 4.69) is 21.6 Å². The van der Waals surface area contributed by atoms with Crippen LogP contribution in [0.25, 0.3) is 0 Å². The maximum Gasteiger partial charge on any atom is 0.239 e. The Labute approximate surface area is 126 Å². The highest BCUT2D eigenvalue weighted by Gasteiger charge is 2.20. The lowest BCUT2D eigenvalue weighted by molar-refractivity contribution is -0.119. The summed E-state index contributed by atoms with van der Waals surface area (Å²) in [6.45, 7) is 5.03. The van der Waals surface area contributed by atoms with Crippen LogP contribution < -0.4 is 15.5 Å². The average molecular weight is 291 g/mol. The molecule has 1 aromatic rings. The normalized spacial score (nSPS) is 15.8. The van der Waals surface area contributed by atoms with Gasteiger partial charge in [-0.05, 0) is 37.8 Å². The maximum absolute atomic E-state index is 11.6. The fourth-order valence-corrected chi connectivity index (χ4v) is 2.69. The Balaban J connectivity index is 1.98. The molecule has 1 heterocycles. The minimum Gasteiger partial charge on any atom is -0.396 e. The molecule has 0 unspecified atom stereocenters. The summed E-state index contributed by atoms with van der Waals surface area (Å²) in [6, 6.07) is 8.08. The number of carbonyl (C=O) groups excluding carboxylic acids is 1. The molecule has 1 fully saturated rings. The first-order chi connectivity index (χ1) is 10.2. The molecule has 116 valence electrons. The van der Waals surface area contributed by atoms with E-state index in [0.717, 1.165) is 37.3 Å². The van der Waals surface area contributed by atoms with E-state index in [0.29, 0.717) is 12.5 Å². The molecule has 5 nitrogen and oxygen atoms in total. The molecule has 0 spiro atoms. The van der Waals surface area contributed by atoms with E-state index in [1.807, 2.05) is 25.1 Å². The molecular formula is C16H25N3O2. The molecule has 3 N–H and O–H groups in total. The lowest BCUT2D eigenvalue weighted by atomic mass is 9.97. The van der Waals surface area contributed by atoms with Gasteiger partial charge in [-0.2, -0.15) is 0 Å². The van der Waals surface area contributed by atoms with E-state index in [1.165, 1.54) is 0 Å². The van der Waals surface area contributed by atoms with Crippen LogP contribution in [0, 0.1) is 5.92 Å². The van der Waals surface area contributed by atoms with Crippen molar-refractivity contribution in [1.82, 2.24) is 5.32 Å². The number of likely N-dealkylation sites (N-methyl/N-ethyl adjacent to an activating group) is 1. The fourth-order valence-electron chi connectivity index (χ4n) is 2.69. The fraction of sp³-hybridized carbons (Fsp3) is 0.562. The van der Waals surface area contributed by atoms with Crippen molar-refractivity contribution in [2.45, 2.75) is 19.8 Å². The van der Waals surface area contributed by atoms with Crippen molar-refractivity contribution in [2.24, 2.45) is 5.92 Å². The van der Waals surface area contributed by atoms with Crippen molar-refractivity contribution in [3.05, 3.63) is 24.3 Å². The van der Waals surface area contributed by atoms with Gasteiger partial charge in [-0.25, -0.2) is 0 Å². The molecule has 1 aliphatic heterocycles. The second-order valence-corrected chi connectivity index (χ2v) is 5.44. The summed E-state index contributed by atoms with van der Waals surface area (Å²) >= 11 is 0. The molecule has 2 rings (SSSR count). The van der Waals surface area contributed by atoms with Crippen LogP contribution in [0.4, 0.5) is 11.4 Å². The summed E-state index contributed by atoms with van der Waals surface area (Å²) in [5.41, 5.74) is 2.13. The highest BCUT2D eigenvalue weighted by Crippen LogP contribution is 2.29. The monoisotopic (exact) mass is 291 g/mol. The van der Waals surface area contributed by atoms with Gasteiger partial charge in [0.1, 0.15) is 0 Å². The van der Waals surface area contributed by atoms with E-state index in [9.17, 15) is 9.90 Å². The van der Waals surface area contributed by atoms with Gasteiger partial charge < -0.3 is 20.6 Å². The van der Waals surface area contributed by atoms with Crippen LogP contribution >= 0.6 is 0 Å². The van der Waals surface area contributed by atoms with E-state index in [-0.39, 0.29) is 19.1 Å². The van der Waals surface area contributed by atoms with Crippen molar-refractivity contribution in [3.63, 3.8) is 0 Å². The topological polar surface area (TPSA) is 64.6 Å². The largest absolute Gasteiger partial charge is 0.396 e. The van der Waals surface area contributed by atoms with Gasteiger partial charge >= 0.3 is 0 Å². The highest BCUT2D eigenvalue weighted by atomic mass is 16.3. The Bertz CT molecular complexity index is 457. The Kier molecular flexibility index (Phi) is 5.87. The SMILES string of the molecule is CCNC(=O)CNc1ccccc1N1CCC(CO)CC1. The molecule has 1 amide bonds. The third kappa shape index (κ3) is 4.36. The second kappa shape index (κ2) is 7.88. The number of aliphatic hydroxyl groups is 1. The molecule has 21 heavy (non-hydrogen) atoms. The first-order valence-corrected chi connectivity index (χ1v) is 7.70. The number of piperidine rings is 1. The zero-order chi connectivity index (χ0) is 15.1. The molecule has 0 aliphatic carbocycles. The predicted molar refractivity (Wildman–Crippen MR) is 85.6 cm³/mol. The van der Waals surface area contributed by atoms with Crippen LogP contribution in [0.3, 0.4) is 0 Å². The van der Waals surface area contributed by atoms with Crippen LogP contribution in [-0.4, -0.2) is 43.8 Å². The Hall–Kier alpha value is -1.75. The van der Waals surface area contributed by atoms with E-state index in [1.54, 1.807) is 0 Å². The molecule has 0 bridgehead atoms. The third-order valence-corrected chi connectivity index (χ3v) is 3.93. The molecule has 0 saturated carbocycles. The van der Waals surface area contributed by atoms with Crippen LogP contribution in [-0.2, 0) is 4.79 Å². The van der Waals surface area contributed by atoms with Gasteiger partial charge in [-0.3, -0.25) is 4.79 Å². The van der Waals surface area contributed by atoms with Gasteiger partial charge in [-0.15, -0.1) is 0 Å². The minimum atomic E-state index is 0.00583. The van der Waals surface area contributed by atoms with Gasteiger partial charge in [0.15, 0.2) is 0 Å². The van der Waals surface area contributed by atoms with E-state index >= 15 is 0 Å². The minimum absolute atomic E-state index is 0.00583. The Morgan fingerprint density at radius 1 is 1.33 bits per heavy atom. The molecule has 1 aromatic carbocycles. The van der Waals surface area contributed by atoms with Crippen molar-refractivity contribution < 1.29 is 9.90 Å². The van der Waals surface area contributed by atoms with Crippen LogP contribution in [0.1, 0.15) is 19.8 Å². The standard InChI is InChI=1S/C16H25N3O2/c1-2-17-16(21)11-18-14-5-3-4-6-15(14)19-9-7-13(12-20)8-10-19/h3-6,13,18,20H,2,7-12H2,1H3,(H,17,21). The molecule has 0 aromatic heterocycles. The summed E-state index contributed by atoms with van der Waals surface area (Å²) in [6.07, 6.45) is 2.03. The number of nitrogens with one attached hydrogen (secondary N) is 2. The first-order valence-electron chi connectivity index (χ1n) is 7.70. The second-order valence-electron chi connectivity index (χ2n) is 5.44. The van der Waals surface area contributed by atoms with Gasteiger partial charge in [0.2, 0.25) is 5.91 Å². The zero-order valence-electron chi connectivity index (χ0n) is 12.6. The summed E-state index contributed by atoms with van der Waals surface area (Å²) < 4.78 is 0. The van der Waals surface area contributed by atoms with Gasteiger partial charge in [-0.1, -0.05) is 12.1 Å². The number of amides is 1. The number of rotatable bonds is 6. The number of nitrogens with zero attached hydrogens (tertiary/aromatic N) is 1. The summed E-state index contributed by atoms with van der Waals surface area (Å²) in [7, 11) is 0. The van der Waals surface area contributed by atoms with Gasteiger partial charge in [0.25, 0.3) is 0 Å². The summed E-state index contributed by atoms with van der Waals surface area (Å²) in [4.78, 5) is 13.9. The van der Waals surface area contributed by atoms with Crippen molar-refractivity contribution in [3.8, 4) is 0 Å². The van der Waals surface area contributed by atoms with Gasteiger partial charge in [0.05, 0.1) is 17.9 Å². The number of carbonyl (C=O) groups is 1. The van der Waals surface area contributed by atoms with E-state index in [4.69, 9.17) is 0 Å². The Morgan fingerprint density at radius 2 is 2.05 bits per heavy atom. The quantitative estimate of drug-likeness (QED) is 0.742. The Morgan fingerprint density at radius 3 is 2.71 bits per heavy atom. The van der Waals surface area contributed by atoms with Crippen molar-refractivity contribution in [2.75, 3.05) is 43.0 Å². The molecule has 1 aliphatic rings. The smallest absolute Gasteiger partial charge is 0.239 e. The molecular weight excluding hydrogens is 266 g/mol. The van der Waals surface area contributed by atoms with Crippen molar-refractivity contribution in [1.29, 1.82) is 0 Å². The predicted octanol–water partition coefficient (Wildman–Crippen LogP) is 1.44. The van der Waals surface area contributed by atoms with E-state index < -0.39 is 0 Å². The zero-order valence-corrected chi connectivity index (χ0v) is 12.6. The number of hydrogen-bond acceptors (Lipinski definition) is 4. The third-order valence-electron chi connectivity index (χ3n) is 3.93. The highest BCUT2D eigenvalue weighted by molar-refractivity contribution is 5.82. The number of anilines is 2. The number of aliphatic hydroxyl groups excluding tert-OH is 1. The number of hydrogen-bond donors (Lipinski definition) is 3. The number of benzene rings is 1. The molecule has 5 heteroatoms. The van der Waals surface area contributed by atoms with Gasteiger partial charge in [0, 0.05) is 26.2 Å². The van der Waals surface area contributed by atoms with Crippen LogP contribution in [0.2, 0.25) is 0 Å². The van der Waals surface area contributed by atoms with Crippen molar-refractivity contribution >= 4 is 17.3 Å².